The molecule has 0 aromatic heterocycles. The van der Waals surface area contributed by atoms with Crippen LogP contribution in [0.25, 0.3) is 0 Å². The Morgan fingerprint density at radius 1 is 1.07 bits per heavy atom. The highest BCUT2D eigenvalue weighted by molar-refractivity contribution is 7.87. The maximum atomic E-state index is 13.0. The Morgan fingerprint density at radius 3 is 2.25 bits per heavy atom. The van der Waals surface area contributed by atoms with Crippen molar-refractivity contribution in [2.75, 3.05) is 0 Å². The molecular weight excluding hydrogens is 392 g/mol. The molecule has 0 fully saturated rings. The smallest absolute Gasteiger partial charge is 0.306 e. The average molecular weight is 421 g/mol. The van der Waals surface area contributed by atoms with Crippen LogP contribution in [0, 0.1) is 12.8 Å². The Hall–Kier alpha value is -1.65. The van der Waals surface area contributed by atoms with E-state index in [0.717, 1.165) is 12.0 Å². The van der Waals surface area contributed by atoms with Gasteiger partial charge < -0.3 is 4.74 Å². The molecule has 0 amide bonds. The van der Waals surface area contributed by atoms with Gasteiger partial charge in [0.2, 0.25) is 0 Å². The van der Waals surface area contributed by atoms with Crippen molar-refractivity contribution in [2.24, 2.45) is 5.92 Å². The predicted molar refractivity (Wildman–Crippen MR) is 116 cm³/mol. The van der Waals surface area contributed by atoms with Crippen LogP contribution in [0.5, 0.6) is 0 Å². The van der Waals surface area contributed by atoms with Crippen molar-refractivity contribution in [3.8, 4) is 0 Å². The number of benzene rings is 2. The zero-order valence-electron chi connectivity index (χ0n) is 17.0. The van der Waals surface area contributed by atoms with E-state index < -0.39 is 21.1 Å². The monoisotopic (exact) mass is 420 g/mol. The van der Waals surface area contributed by atoms with Gasteiger partial charge in [0.25, 0.3) is 0 Å². The van der Waals surface area contributed by atoms with Crippen molar-refractivity contribution < 1.29 is 13.7 Å². The summed E-state index contributed by atoms with van der Waals surface area (Å²) in [5.74, 6) is -0.559. The van der Waals surface area contributed by atoms with E-state index in [9.17, 15) is 9.00 Å². The number of alkyl halides is 1. The summed E-state index contributed by atoms with van der Waals surface area (Å²) in [4.78, 5) is 13.1. The summed E-state index contributed by atoms with van der Waals surface area (Å²) in [6, 6.07) is 17.5. The van der Waals surface area contributed by atoms with Gasteiger partial charge in [-0.2, -0.15) is 0 Å². The zero-order valence-corrected chi connectivity index (χ0v) is 18.6. The van der Waals surface area contributed by atoms with Crippen molar-refractivity contribution in [2.45, 2.75) is 62.2 Å². The molecular formula is C23H29ClO3S. The molecule has 0 spiro atoms. The highest BCUT2D eigenvalue weighted by Gasteiger charge is 2.30. The minimum absolute atomic E-state index is 0.149. The minimum atomic E-state index is -1.41. The molecule has 5 heteroatoms. The number of hydrogen-bond donors (Lipinski definition) is 0. The van der Waals surface area contributed by atoms with Crippen LogP contribution in [0.15, 0.2) is 59.5 Å². The molecule has 0 radical (unpaired) electrons. The summed E-state index contributed by atoms with van der Waals surface area (Å²) >= 11 is 6.65. The fourth-order valence-corrected chi connectivity index (χ4v) is 4.67. The van der Waals surface area contributed by atoms with Crippen molar-refractivity contribution in [3.63, 3.8) is 0 Å². The number of aryl methyl sites for hydroxylation is 2. The van der Waals surface area contributed by atoms with E-state index in [0.29, 0.717) is 11.3 Å². The number of hydrogen-bond acceptors (Lipinski definition) is 3. The third-order valence-corrected chi connectivity index (χ3v) is 6.70. The summed E-state index contributed by atoms with van der Waals surface area (Å²) in [5.41, 5.74) is 1.71. The van der Waals surface area contributed by atoms with Gasteiger partial charge in [0.1, 0.15) is 10.3 Å². The van der Waals surface area contributed by atoms with Crippen LogP contribution in [0.1, 0.15) is 44.7 Å². The SMILES string of the molecule is Cc1ccc(S(=O)[C@H](Cl)[C@H](CCc2ccccc2)CC(=O)OC(C)(C)C)cc1. The normalized spacial score (nSPS) is 14.9. The molecule has 0 saturated carbocycles. The summed E-state index contributed by atoms with van der Waals surface area (Å²) in [6.07, 6.45) is 1.58. The zero-order chi connectivity index (χ0) is 20.7. The molecule has 0 N–H and O–H groups in total. The first-order valence-electron chi connectivity index (χ1n) is 9.53. The molecule has 0 aliphatic carbocycles. The van der Waals surface area contributed by atoms with Crippen LogP contribution < -0.4 is 0 Å². The summed E-state index contributed by atoms with van der Waals surface area (Å²) in [7, 11) is -1.41. The molecule has 0 aliphatic rings. The van der Waals surface area contributed by atoms with Crippen LogP contribution in [-0.4, -0.2) is 20.5 Å². The molecule has 0 heterocycles. The summed E-state index contributed by atoms with van der Waals surface area (Å²) in [5, 5.41) is 0. The van der Waals surface area contributed by atoms with Crippen LogP contribution >= 0.6 is 11.6 Å². The molecule has 0 saturated heterocycles. The van der Waals surface area contributed by atoms with Crippen LogP contribution in [-0.2, 0) is 26.8 Å². The van der Waals surface area contributed by atoms with Gasteiger partial charge in [-0.15, -0.1) is 11.6 Å². The standard InChI is InChI=1S/C23H29ClO3S/c1-17-10-14-20(15-11-17)28(26)22(24)19(16-21(25)27-23(2,3)4)13-12-18-8-6-5-7-9-18/h5-11,14-15,19,22H,12-13,16H2,1-4H3/t19-,22+,28?/m1/s1. The fraction of sp³-hybridized carbons (Fsp3) is 0.435. The van der Waals surface area contributed by atoms with E-state index in [-0.39, 0.29) is 18.3 Å². The van der Waals surface area contributed by atoms with E-state index in [1.165, 1.54) is 5.56 Å². The lowest BCUT2D eigenvalue weighted by Gasteiger charge is -2.24. The van der Waals surface area contributed by atoms with Crippen molar-refractivity contribution in [3.05, 3.63) is 65.7 Å². The maximum Gasteiger partial charge on any atom is 0.306 e. The third kappa shape index (κ3) is 7.40. The molecule has 0 bridgehead atoms. The van der Waals surface area contributed by atoms with Crippen LogP contribution in [0.4, 0.5) is 0 Å². The topological polar surface area (TPSA) is 43.4 Å². The lowest BCUT2D eigenvalue weighted by Crippen LogP contribution is -2.29. The lowest BCUT2D eigenvalue weighted by molar-refractivity contribution is -0.155. The van der Waals surface area contributed by atoms with Gasteiger partial charge in [-0.1, -0.05) is 48.0 Å². The maximum absolute atomic E-state index is 13.0. The Kier molecular flexibility index (Phi) is 8.26. The summed E-state index contributed by atoms with van der Waals surface area (Å²) in [6.45, 7) is 7.50. The first-order chi connectivity index (χ1) is 13.2. The molecule has 3 nitrogen and oxygen atoms in total. The molecule has 2 rings (SSSR count). The van der Waals surface area contributed by atoms with Crippen molar-refractivity contribution in [1.29, 1.82) is 0 Å². The molecule has 3 atom stereocenters. The average Bonchev–Trinajstić information content (AvgIpc) is 2.64. The lowest BCUT2D eigenvalue weighted by atomic mass is 9.98. The van der Waals surface area contributed by atoms with E-state index in [2.05, 4.69) is 0 Å². The number of halogens is 1. The summed E-state index contributed by atoms with van der Waals surface area (Å²) < 4.78 is 17.8. The first-order valence-corrected chi connectivity index (χ1v) is 11.2. The van der Waals surface area contributed by atoms with E-state index in [4.69, 9.17) is 16.3 Å². The number of esters is 1. The number of ether oxygens (including phenoxy) is 1. The largest absolute Gasteiger partial charge is 0.460 e. The molecule has 0 aliphatic heterocycles. The van der Waals surface area contributed by atoms with E-state index in [1.807, 2.05) is 82.3 Å². The van der Waals surface area contributed by atoms with Gasteiger partial charge in [0.05, 0.1) is 17.2 Å². The first kappa shape index (κ1) is 22.6. The Morgan fingerprint density at radius 2 is 1.68 bits per heavy atom. The van der Waals surface area contributed by atoms with Crippen molar-refractivity contribution in [1.82, 2.24) is 0 Å². The molecule has 152 valence electrons. The second-order valence-electron chi connectivity index (χ2n) is 8.04. The van der Waals surface area contributed by atoms with Gasteiger partial charge in [0.15, 0.2) is 0 Å². The van der Waals surface area contributed by atoms with Gasteiger partial charge >= 0.3 is 5.97 Å². The second-order valence-corrected chi connectivity index (χ2v) is 10.3. The van der Waals surface area contributed by atoms with Gasteiger partial charge in [-0.25, -0.2) is 0 Å². The van der Waals surface area contributed by atoms with E-state index in [1.54, 1.807) is 0 Å². The highest BCUT2D eigenvalue weighted by Crippen LogP contribution is 2.29. The Bertz CT molecular complexity index is 782. The predicted octanol–water partition coefficient (Wildman–Crippen LogP) is 5.65. The molecule has 2 aromatic carbocycles. The molecule has 28 heavy (non-hydrogen) atoms. The quantitative estimate of drug-likeness (QED) is 0.409. The third-order valence-electron chi connectivity index (χ3n) is 4.32. The van der Waals surface area contributed by atoms with E-state index >= 15 is 0 Å². The van der Waals surface area contributed by atoms with Gasteiger partial charge in [-0.3, -0.25) is 9.00 Å². The van der Waals surface area contributed by atoms with Crippen LogP contribution in [0.3, 0.4) is 0 Å². The number of carbonyl (C=O) groups is 1. The fourth-order valence-electron chi connectivity index (χ4n) is 2.90. The van der Waals surface area contributed by atoms with Crippen LogP contribution in [0.2, 0.25) is 0 Å². The minimum Gasteiger partial charge on any atom is -0.460 e. The second kappa shape index (κ2) is 10.2. The molecule has 2 aromatic rings. The Balaban J connectivity index is 2.13. The van der Waals surface area contributed by atoms with Gasteiger partial charge in [-0.05, 0) is 64.2 Å². The molecule has 1 unspecified atom stereocenters. The number of rotatable bonds is 8. The highest BCUT2D eigenvalue weighted by atomic mass is 35.5. The van der Waals surface area contributed by atoms with Gasteiger partial charge in [0, 0.05) is 4.90 Å². The Labute approximate surface area is 175 Å². The number of carbonyl (C=O) groups excluding carboxylic acids is 1. The van der Waals surface area contributed by atoms with Crippen molar-refractivity contribution >= 4 is 28.4 Å².